The summed E-state index contributed by atoms with van der Waals surface area (Å²) in [5.74, 6) is 1.70. The molecule has 0 bridgehead atoms. The van der Waals surface area contributed by atoms with Gasteiger partial charge < -0.3 is 15.4 Å². The Morgan fingerprint density at radius 1 is 1.07 bits per heavy atom. The SMILES string of the molecule is CCC(C)NC(=O)c1cc(Nc2ccc(OCc3ccccc3)cc2)nc(C)n1. The lowest BCUT2D eigenvalue weighted by molar-refractivity contribution is 0.0934. The number of rotatable bonds is 8. The summed E-state index contributed by atoms with van der Waals surface area (Å²) in [7, 11) is 0. The molecule has 0 fully saturated rings. The topological polar surface area (TPSA) is 76.1 Å². The molecule has 0 aliphatic carbocycles. The van der Waals surface area contributed by atoms with Crippen LogP contribution >= 0.6 is 0 Å². The third-order valence-electron chi connectivity index (χ3n) is 4.44. The number of carbonyl (C=O) groups excluding carboxylic acids is 1. The molecule has 6 heteroatoms. The molecule has 6 nitrogen and oxygen atoms in total. The fourth-order valence-electron chi connectivity index (χ4n) is 2.67. The quantitative estimate of drug-likeness (QED) is 0.586. The van der Waals surface area contributed by atoms with E-state index in [0.717, 1.165) is 23.4 Å². The van der Waals surface area contributed by atoms with E-state index in [0.29, 0.717) is 23.9 Å². The van der Waals surface area contributed by atoms with Gasteiger partial charge in [0.2, 0.25) is 0 Å². The van der Waals surface area contributed by atoms with E-state index in [1.807, 2.05) is 68.4 Å². The van der Waals surface area contributed by atoms with Crippen molar-refractivity contribution in [3.63, 3.8) is 0 Å². The highest BCUT2D eigenvalue weighted by atomic mass is 16.5. The van der Waals surface area contributed by atoms with Crippen LogP contribution in [0.15, 0.2) is 60.7 Å². The molecule has 2 aromatic carbocycles. The number of hydrogen-bond donors (Lipinski definition) is 2. The van der Waals surface area contributed by atoms with Gasteiger partial charge in [0.25, 0.3) is 5.91 Å². The van der Waals surface area contributed by atoms with Crippen LogP contribution in [0.4, 0.5) is 11.5 Å². The lowest BCUT2D eigenvalue weighted by Gasteiger charge is -2.13. The lowest BCUT2D eigenvalue weighted by Crippen LogP contribution is -2.32. The van der Waals surface area contributed by atoms with Crippen molar-refractivity contribution in [2.24, 2.45) is 0 Å². The summed E-state index contributed by atoms with van der Waals surface area (Å²) in [6, 6.07) is 19.4. The van der Waals surface area contributed by atoms with E-state index < -0.39 is 0 Å². The zero-order chi connectivity index (χ0) is 20.6. The third kappa shape index (κ3) is 6.04. The van der Waals surface area contributed by atoms with Crippen LogP contribution in [-0.4, -0.2) is 21.9 Å². The van der Waals surface area contributed by atoms with E-state index in [2.05, 4.69) is 20.6 Å². The predicted octanol–water partition coefficient (Wildman–Crippen LogP) is 4.64. The summed E-state index contributed by atoms with van der Waals surface area (Å²) >= 11 is 0. The minimum Gasteiger partial charge on any atom is -0.489 e. The molecule has 0 spiro atoms. The zero-order valence-corrected chi connectivity index (χ0v) is 17.0. The summed E-state index contributed by atoms with van der Waals surface area (Å²) in [4.78, 5) is 21.0. The fourth-order valence-corrected chi connectivity index (χ4v) is 2.67. The van der Waals surface area contributed by atoms with Gasteiger partial charge in [-0.2, -0.15) is 0 Å². The normalized spacial score (nSPS) is 11.6. The number of nitrogens with one attached hydrogen (secondary N) is 2. The number of ether oxygens (including phenoxy) is 1. The lowest BCUT2D eigenvalue weighted by atomic mass is 10.2. The van der Waals surface area contributed by atoms with Gasteiger partial charge in [-0.15, -0.1) is 0 Å². The summed E-state index contributed by atoms with van der Waals surface area (Å²) < 4.78 is 5.81. The first-order chi connectivity index (χ1) is 14.0. The fraction of sp³-hybridized carbons (Fsp3) is 0.261. The number of nitrogens with zero attached hydrogens (tertiary/aromatic N) is 2. The van der Waals surface area contributed by atoms with Gasteiger partial charge in [0, 0.05) is 17.8 Å². The van der Waals surface area contributed by atoms with Gasteiger partial charge in [-0.3, -0.25) is 4.79 Å². The van der Waals surface area contributed by atoms with E-state index in [4.69, 9.17) is 4.74 Å². The summed E-state index contributed by atoms with van der Waals surface area (Å²) in [5.41, 5.74) is 2.32. The van der Waals surface area contributed by atoms with Crippen LogP contribution in [-0.2, 0) is 6.61 Å². The summed E-state index contributed by atoms with van der Waals surface area (Å²) in [6.07, 6.45) is 0.861. The molecule has 1 amide bonds. The molecule has 1 unspecified atom stereocenters. The van der Waals surface area contributed by atoms with Crippen LogP contribution in [0.2, 0.25) is 0 Å². The molecular formula is C23H26N4O2. The molecule has 3 aromatic rings. The second kappa shape index (κ2) is 9.68. The maximum atomic E-state index is 12.4. The van der Waals surface area contributed by atoms with Crippen molar-refractivity contribution in [2.45, 2.75) is 39.8 Å². The van der Waals surface area contributed by atoms with Crippen LogP contribution in [0.3, 0.4) is 0 Å². The Bertz CT molecular complexity index is 943. The minimum absolute atomic E-state index is 0.0950. The Kier molecular flexibility index (Phi) is 6.79. The number of aromatic nitrogens is 2. The van der Waals surface area contributed by atoms with Crippen molar-refractivity contribution in [2.75, 3.05) is 5.32 Å². The molecule has 150 valence electrons. The predicted molar refractivity (Wildman–Crippen MR) is 114 cm³/mol. The second-order valence-corrected chi connectivity index (χ2v) is 6.89. The van der Waals surface area contributed by atoms with Crippen molar-refractivity contribution in [1.29, 1.82) is 0 Å². The number of hydrogen-bond acceptors (Lipinski definition) is 5. The van der Waals surface area contributed by atoms with E-state index >= 15 is 0 Å². The first-order valence-corrected chi connectivity index (χ1v) is 9.74. The Balaban J connectivity index is 1.64. The van der Waals surface area contributed by atoms with Gasteiger partial charge in [0.05, 0.1) is 0 Å². The van der Waals surface area contributed by atoms with Gasteiger partial charge in [-0.25, -0.2) is 9.97 Å². The molecule has 0 saturated carbocycles. The number of aryl methyl sites for hydroxylation is 1. The van der Waals surface area contributed by atoms with E-state index in [9.17, 15) is 4.79 Å². The molecule has 2 N–H and O–H groups in total. The number of anilines is 2. The highest BCUT2D eigenvalue weighted by Crippen LogP contribution is 2.20. The van der Waals surface area contributed by atoms with Crippen molar-refractivity contribution in [3.8, 4) is 5.75 Å². The van der Waals surface area contributed by atoms with Crippen molar-refractivity contribution in [3.05, 3.63) is 77.7 Å². The van der Waals surface area contributed by atoms with Gasteiger partial charge in [-0.05, 0) is 50.1 Å². The standard InChI is InChI=1S/C23H26N4O2/c1-4-16(2)24-23(28)21-14-22(26-17(3)25-21)27-19-10-12-20(13-11-19)29-15-18-8-6-5-7-9-18/h5-14,16H,4,15H2,1-3H3,(H,24,28)(H,25,26,27). The molecule has 0 aliphatic heterocycles. The smallest absolute Gasteiger partial charge is 0.270 e. The van der Waals surface area contributed by atoms with Crippen LogP contribution in [0, 0.1) is 6.92 Å². The maximum Gasteiger partial charge on any atom is 0.270 e. The molecule has 29 heavy (non-hydrogen) atoms. The monoisotopic (exact) mass is 390 g/mol. The van der Waals surface area contributed by atoms with Gasteiger partial charge in [0.1, 0.15) is 29.7 Å². The van der Waals surface area contributed by atoms with Crippen LogP contribution < -0.4 is 15.4 Å². The molecule has 3 rings (SSSR count). The van der Waals surface area contributed by atoms with Crippen molar-refractivity contribution < 1.29 is 9.53 Å². The van der Waals surface area contributed by atoms with Crippen molar-refractivity contribution in [1.82, 2.24) is 15.3 Å². The molecule has 0 saturated heterocycles. The average Bonchev–Trinajstić information content (AvgIpc) is 2.73. The van der Waals surface area contributed by atoms with E-state index in [-0.39, 0.29) is 11.9 Å². The average molecular weight is 390 g/mol. The Morgan fingerprint density at radius 3 is 2.48 bits per heavy atom. The second-order valence-electron chi connectivity index (χ2n) is 6.89. The molecule has 0 radical (unpaired) electrons. The Labute approximate surface area is 171 Å². The highest BCUT2D eigenvalue weighted by Gasteiger charge is 2.12. The Hall–Kier alpha value is -3.41. The maximum absolute atomic E-state index is 12.4. The minimum atomic E-state index is -0.197. The Morgan fingerprint density at radius 2 is 1.79 bits per heavy atom. The molecular weight excluding hydrogens is 364 g/mol. The van der Waals surface area contributed by atoms with Crippen LogP contribution in [0.25, 0.3) is 0 Å². The van der Waals surface area contributed by atoms with Gasteiger partial charge in [0.15, 0.2) is 0 Å². The van der Waals surface area contributed by atoms with Crippen LogP contribution in [0.5, 0.6) is 5.75 Å². The first kappa shape index (κ1) is 20.3. The molecule has 1 heterocycles. The van der Waals surface area contributed by atoms with Crippen LogP contribution in [0.1, 0.15) is 42.1 Å². The third-order valence-corrected chi connectivity index (χ3v) is 4.44. The molecule has 0 aliphatic rings. The zero-order valence-electron chi connectivity index (χ0n) is 17.0. The largest absolute Gasteiger partial charge is 0.489 e. The summed E-state index contributed by atoms with van der Waals surface area (Å²) in [6.45, 7) is 6.28. The first-order valence-electron chi connectivity index (χ1n) is 9.74. The molecule has 1 atom stereocenters. The van der Waals surface area contributed by atoms with Gasteiger partial charge >= 0.3 is 0 Å². The van der Waals surface area contributed by atoms with E-state index in [1.54, 1.807) is 13.0 Å². The highest BCUT2D eigenvalue weighted by molar-refractivity contribution is 5.93. The number of carbonyl (C=O) groups is 1. The van der Waals surface area contributed by atoms with Gasteiger partial charge in [-0.1, -0.05) is 37.3 Å². The van der Waals surface area contributed by atoms with E-state index in [1.165, 1.54) is 0 Å². The summed E-state index contributed by atoms with van der Waals surface area (Å²) in [5, 5.41) is 6.15. The number of amides is 1. The number of benzene rings is 2. The molecule has 1 aromatic heterocycles. The van der Waals surface area contributed by atoms with Crippen molar-refractivity contribution >= 4 is 17.4 Å².